The van der Waals surface area contributed by atoms with Crippen molar-refractivity contribution in [2.24, 2.45) is 0 Å². The summed E-state index contributed by atoms with van der Waals surface area (Å²) in [4.78, 5) is 12.1. The fraction of sp³-hybridized carbons (Fsp3) is 0.125. The number of halogens is 1. The molecule has 0 radical (unpaired) electrons. The summed E-state index contributed by atoms with van der Waals surface area (Å²) in [5.74, 6) is 1.41. The molecule has 0 bridgehead atoms. The van der Waals surface area contributed by atoms with E-state index in [9.17, 15) is 4.79 Å². The van der Waals surface area contributed by atoms with Gasteiger partial charge in [-0.05, 0) is 35.9 Å². The van der Waals surface area contributed by atoms with Crippen LogP contribution < -0.4 is 4.74 Å². The predicted octanol–water partition coefficient (Wildman–Crippen LogP) is 5.68. The van der Waals surface area contributed by atoms with Gasteiger partial charge in [-0.3, -0.25) is 4.57 Å². The van der Waals surface area contributed by atoms with Crippen molar-refractivity contribution in [3.63, 3.8) is 0 Å². The molecule has 1 heterocycles. The summed E-state index contributed by atoms with van der Waals surface area (Å²) in [6, 6.07) is 22.5. The molecule has 0 aliphatic heterocycles. The van der Waals surface area contributed by atoms with Crippen LogP contribution in [0.4, 0.5) is 0 Å². The van der Waals surface area contributed by atoms with Crippen LogP contribution in [0.2, 0.25) is 5.02 Å². The first-order valence-electron chi connectivity index (χ1n) is 9.76. The number of esters is 1. The van der Waals surface area contributed by atoms with Crippen LogP contribution in [0, 0.1) is 0 Å². The van der Waals surface area contributed by atoms with Crippen LogP contribution in [0.3, 0.4) is 0 Å². The van der Waals surface area contributed by atoms with E-state index in [0.717, 1.165) is 16.8 Å². The highest BCUT2D eigenvalue weighted by molar-refractivity contribution is 7.98. The van der Waals surface area contributed by atoms with E-state index < -0.39 is 0 Å². The smallest absolute Gasteiger partial charge is 0.338 e. The van der Waals surface area contributed by atoms with Crippen molar-refractivity contribution >= 4 is 29.3 Å². The van der Waals surface area contributed by atoms with Crippen LogP contribution in [0.5, 0.6) is 5.75 Å². The van der Waals surface area contributed by atoms with Crippen molar-refractivity contribution in [1.82, 2.24) is 14.8 Å². The molecular formula is C24H20ClN3O3S. The zero-order valence-electron chi connectivity index (χ0n) is 17.5. The molecule has 0 fully saturated rings. The van der Waals surface area contributed by atoms with Crippen LogP contribution in [-0.2, 0) is 10.5 Å². The second-order valence-electron chi connectivity index (χ2n) is 6.73. The number of carbonyl (C=O) groups is 1. The second-order valence-corrected chi connectivity index (χ2v) is 8.08. The first kappa shape index (κ1) is 21.9. The number of hydrogen-bond donors (Lipinski definition) is 0. The van der Waals surface area contributed by atoms with Gasteiger partial charge in [0.05, 0.1) is 30.5 Å². The van der Waals surface area contributed by atoms with Crippen molar-refractivity contribution in [2.45, 2.75) is 10.9 Å². The highest BCUT2D eigenvalue weighted by Gasteiger charge is 2.21. The number of rotatable bonds is 7. The van der Waals surface area contributed by atoms with Crippen LogP contribution in [-0.4, -0.2) is 35.0 Å². The predicted molar refractivity (Wildman–Crippen MR) is 126 cm³/mol. The molecule has 0 aliphatic carbocycles. The Bertz CT molecular complexity index is 1260. The fourth-order valence-electron chi connectivity index (χ4n) is 3.31. The minimum absolute atomic E-state index is 0.371. The van der Waals surface area contributed by atoms with Crippen molar-refractivity contribution < 1.29 is 14.3 Å². The molecule has 32 heavy (non-hydrogen) atoms. The third kappa shape index (κ3) is 4.35. The standard InChI is InChI=1S/C24H20ClN3O3S/c1-30-21-14-8-7-13-20(21)28-22(18-11-5-6-12-19(18)25)26-27-24(28)32-15-16-9-3-4-10-17(16)23(29)31-2/h3-14H,15H2,1-2H3. The minimum Gasteiger partial charge on any atom is -0.495 e. The Morgan fingerprint density at radius 1 is 0.969 bits per heavy atom. The lowest BCUT2D eigenvalue weighted by atomic mass is 10.1. The number of hydrogen-bond acceptors (Lipinski definition) is 6. The van der Waals surface area contributed by atoms with E-state index in [1.54, 1.807) is 13.2 Å². The Labute approximate surface area is 195 Å². The summed E-state index contributed by atoms with van der Waals surface area (Å²) in [6.07, 6.45) is 0. The van der Waals surface area contributed by atoms with Crippen LogP contribution in [0.1, 0.15) is 15.9 Å². The van der Waals surface area contributed by atoms with Gasteiger partial charge >= 0.3 is 5.97 Å². The fourth-order valence-corrected chi connectivity index (χ4v) is 4.48. The molecule has 0 N–H and O–H groups in total. The van der Waals surface area contributed by atoms with E-state index in [2.05, 4.69) is 10.2 Å². The van der Waals surface area contributed by atoms with Crippen molar-refractivity contribution in [3.8, 4) is 22.8 Å². The first-order valence-corrected chi connectivity index (χ1v) is 11.1. The van der Waals surface area contributed by atoms with E-state index in [0.29, 0.717) is 33.1 Å². The molecule has 162 valence electrons. The Morgan fingerprint density at radius 3 is 2.47 bits per heavy atom. The number of ether oxygens (including phenoxy) is 2. The van der Waals surface area contributed by atoms with Crippen LogP contribution >= 0.6 is 23.4 Å². The molecule has 0 unspecified atom stereocenters. The molecule has 0 saturated heterocycles. The Hall–Kier alpha value is -3.29. The van der Waals surface area contributed by atoms with Gasteiger partial charge in [-0.2, -0.15) is 0 Å². The number of nitrogens with zero attached hydrogens (tertiary/aromatic N) is 3. The number of methoxy groups -OCH3 is 2. The van der Waals surface area contributed by atoms with Gasteiger partial charge in [-0.25, -0.2) is 4.79 Å². The van der Waals surface area contributed by atoms with Crippen LogP contribution in [0.25, 0.3) is 17.1 Å². The zero-order chi connectivity index (χ0) is 22.5. The maximum absolute atomic E-state index is 12.1. The molecule has 4 rings (SSSR count). The Balaban J connectivity index is 1.79. The highest BCUT2D eigenvalue weighted by atomic mass is 35.5. The van der Waals surface area contributed by atoms with E-state index in [-0.39, 0.29) is 5.97 Å². The summed E-state index contributed by atoms with van der Waals surface area (Å²) < 4.78 is 12.4. The number of para-hydroxylation sites is 2. The Morgan fingerprint density at radius 2 is 1.69 bits per heavy atom. The number of aromatic nitrogens is 3. The van der Waals surface area contributed by atoms with Gasteiger partial charge in [0.25, 0.3) is 0 Å². The lowest BCUT2D eigenvalue weighted by Gasteiger charge is -2.14. The largest absolute Gasteiger partial charge is 0.495 e. The molecule has 1 aromatic heterocycles. The third-order valence-electron chi connectivity index (χ3n) is 4.85. The van der Waals surface area contributed by atoms with Crippen LogP contribution in [0.15, 0.2) is 78.0 Å². The highest BCUT2D eigenvalue weighted by Crippen LogP contribution is 2.36. The van der Waals surface area contributed by atoms with Gasteiger partial charge in [0.15, 0.2) is 11.0 Å². The molecule has 0 aliphatic rings. The van der Waals surface area contributed by atoms with E-state index in [1.165, 1.54) is 18.9 Å². The summed E-state index contributed by atoms with van der Waals surface area (Å²) in [7, 11) is 3.00. The maximum Gasteiger partial charge on any atom is 0.338 e. The van der Waals surface area contributed by atoms with E-state index in [1.807, 2.05) is 71.3 Å². The zero-order valence-corrected chi connectivity index (χ0v) is 19.1. The average Bonchev–Trinajstić information content (AvgIpc) is 3.26. The third-order valence-corrected chi connectivity index (χ3v) is 6.16. The molecule has 0 spiro atoms. The van der Waals surface area contributed by atoms with Gasteiger partial charge in [-0.1, -0.05) is 65.8 Å². The second kappa shape index (κ2) is 9.89. The molecule has 0 atom stereocenters. The Kier molecular flexibility index (Phi) is 6.78. The summed E-state index contributed by atoms with van der Waals surface area (Å²) in [5, 5.41) is 10.1. The lowest BCUT2D eigenvalue weighted by Crippen LogP contribution is -2.05. The number of carbonyl (C=O) groups excluding carboxylic acids is 1. The molecule has 0 saturated carbocycles. The van der Waals surface area contributed by atoms with Crippen molar-refractivity contribution in [1.29, 1.82) is 0 Å². The van der Waals surface area contributed by atoms with Gasteiger partial charge in [-0.15, -0.1) is 10.2 Å². The molecule has 3 aromatic carbocycles. The van der Waals surface area contributed by atoms with Crippen molar-refractivity contribution in [2.75, 3.05) is 14.2 Å². The molecule has 0 amide bonds. The lowest BCUT2D eigenvalue weighted by molar-refractivity contribution is 0.0600. The van der Waals surface area contributed by atoms with Gasteiger partial charge < -0.3 is 9.47 Å². The van der Waals surface area contributed by atoms with E-state index in [4.69, 9.17) is 21.1 Å². The normalized spacial score (nSPS) is 10.7. The average molecular weight is 466 g/mol. The topological polar surface area (TPSA) is 66.2 Å². The molecule has 8 heteroatoms. The SMILES string of the molecule is COC(=O)c1ccccc1CSc1nnc(-c2ccccc2Cl)n1-c1ccccc1OC. The summed E-state index contributed by atoms with van der Waals surface area (Å²) in [5.41, 5.74) is 2.92. The van der Waals surface area contributed by atoms with Crippen molar-refractivity contribution in [3.05, 3.63) is 88.9 Å². The van der Waals surface area contributed by atoms with Gasteiger partial charge in [0.1, 0.15) is 5.75 Å². The molecule has 6 nitrogen and oxygen atoms in total. The molecular weight excluding hydrogens is 446 g/mol. The summed E-state index contributed by atoms with van der Waals surface area (Å²) >= 11 is 7.94. The number of benzene rings is 3. The first-order chi connectivity index (χ1) is 15.6. The summed E-state index contributed by atoms with van der Waals surface area (Å²) in [6.45, 7) is 0. The van der Waals surface area contributed by atoms with Gasteiger partial charge in [0.2, 0.25) is 0 Å². The van der Waals surface area contributed by atoms with Gasteiger partial charge in [0, 0.05) is 11.3 Å². The minimum atomic E-state index is -0.371. The quantitative estimate of drug-likeness (QED) is 0.258. The van der Waals surface area contributed by atoms with E-state index >= 15 is 0 Å². The number of thioether (sulfide) groups is 1. The molecule has 4 aromatic rings. The maximum atomic E-state index is 12.1. The monoisotopic (exact) mass is 465 g/mol.